The monoisotopic (exact) mass is 266 g/mol. The standard InChI is InChI=1S/C11H18N2O.2ClH/c12-8-4-5-9-13-14-10-11-6-2-1-3-7-11;;/h1-3,6-7,13H,4-5,8-10,12H2;2*1H. The molecule has 0 amide bonds. The molecule has 0 saturated carbocycles. The van der Waals surface area contributed by atoms with Gasteiger partial charge in [-0.05, 0) is 24.9 Å². The Morgan fingerprint density at radius 2 is 1.75 bits per heavy atom. The van der Waals surface area contributed by atoms with E-state index in [1.807, 2.05) is 30.3 Å². The summed E-state index contributed by atoms with van der Waals surface area (Å²) in [4.78, 5) is 5.28. The van der Waals surface area contributed by atoms with Gasteiger partial charge in [0.2, 0.25) is 0 Å². The molecule has 0 aliphatic carbocycles. The molecule has 5 heteroatoms. The van der Waals surface area contributed by atoms with Crippen molar-refractivity contribution in [1.82, 2.24) is 5.48 Å². The van der Waals surface area contributed by atoms with E-state index in [9.17, 15) is 0 Å². The molecule has 0 saturated heterocycles. The van der Waals surface area contributed by atoms with E-state index in [1.54, 1.807) is 0 Å². The highest BCUT2D eigenvalue weighted by Gasteiger charge is 1.90. The van der Waals surface area contributed by atoms with E-state index in [0.717, 1.165) is 25.9 Å². The highest BCUT2D eigenvalue weighted by molar-refractivity contribution is 5.85. The first-order chi connectivity index (χ1) is 6.93. The number of hydrogen-bond acceptors (Lipinski definition) is 3. The zero-order chi connectivity index (χ0) is 10.1. The Bertz CT molecular complexity index is 235. The quantitative estimate of drug-likeness (QED) is 0.588. The lowest BCUT2D eigenvalue weighted by Crippen LogP contribution is -2.16. The second-order valence-electron chi connectivity index (χ2n) is 3.16. The van der Waals surface area contributed by atoms with E-state index >= 15 is 0 Å². The summed E-state index contributed by atoms with van der Waals surface area (Å²) >= 11 is 0. The molecule has 94 valence electrons. The molecule has 1 rings (SSSR count). The molecule has 0 bridgehead atoms. The van der Waals surface area contributed by atoms with Gasteiger partial charge in [0.15, 0.2) is 0 Å². The minimum absolute atomic E-state index is 0. The molecule has 0 aliphatic rings. The van der Waals surface area contributed by atoms with E-state index in [1.165, 1.54) is 5.56 Å². The van der Waals surface area contributed by atoms with Crippen LogP contribution in [0.25, 0.3) is 0 Å². The molecule has 3 nitrogen and oxygen atoms in total. The first-order valence-corrected chi connectivity index (χ1v) is 5.02. The fourth-order valence-electron chi connectivity index (χ4n) is 1.12. The summed E-state index contributed by atoms with van der Waals surface area (Å²) in [6.07, 6.45) is 2.10. The molecule has 0 heterocycles. The largest absolute Gasteiger partial charge is 0.330 e. The van der Waals surface area contributed by atoms with Crippen LogP contribution in [0.3, 0.4) is 0 Å². The van der Waals surface area contributed by atoms with E-state index in [2.05, 4.69) is 5.48 Å². The normalized spacial score (nSPS) is 9.06. The van der Waals surface area contributed by atoms with Crippen LogP contribution in [0.4, 0.5) is 0 Å². The van der Waals surface area contributed by atoms with Crippen molar-refractivity contribution in [2.24, 2.45) is 5.73 Å². The Morgan fingerprint density at radius 1 is 1.06 bits per heavy atom. The van der Waals surface area contributed by atoms with Crippen molar-refractivity contribution >= 4 is 24.8 Å². The van der Waals surface area contributed by atoms with Gasteiger partial charge in [0, 0.05) is 6.54 Å². The third-order valence-corrected chi connectivity index (χ3v) is 1.92. The lowest BCUT2D eigenvalue weighted by atomic mass is 10.2. The summed E-state index contributed by atoms with van der Waals surface area (Å²) in [5.74, 6) is 0. The minimum atomic E-state index is 0. The van der Waals surface area contributed by atoms with Crippen molar-refractivity contribution in [3.63, 3.8) is 0 Å². The highest BCUT2D eigenvalue weighted by Crippen LogP contribution is 1.98. The lowest BCUT2D eigenvalue weighted by Gasteiger charge is -2.04. The molecule has 0 atom stereocenters. The van der Waals surface area contributed by atoms with Crippen molar-refractivity contribution in [1.29, 1.82) is 0 Å². The molecule has 1 aromatic carbocycles. The Hall–Kier alpha value is -0.320. The van der Waals surface area contributed by atoms with Gasteiger partial charge in [-0.25, -0.2) is 5.48 Å². The number of nitrogens with one attached hydrogen (secondary N) is 1. The van der Waals surface area contributed by atoms with E-state index in [-0.39, 0.29) is 24.8 Å². The SMILES string of the molecule is Cl.Cl.NCCCCNOCc1ccccc1. The van der Waals surface area contributed by atoms with Gasteiger partial charge >= 0.3 is 0 Å². The summed E-state index contributed by atoms with van der Waals surface area (Å²) in [5, 5.41) is 0. The van der Waals surface area contributed by atoms with Crippen molar-refractivity contribution in [3.8, 4) is 0 Å². The Morgan fingerprint density at radius 3 is 2.38 bits per heavy atom. The fraction of sp³-hybridized carbons (Fsp3) is 0.455. The number of hydroxylamine groups is 1. The summed E-state index contributed by atoms with van der Waals surface area (Å²) in [6.45, 7) is 2.23. The van der Waals surface area contributed by atoms with E-state index < -0.39 is 0 Å². The average Bonchev–Trinajstić information content (AvgIpc) is 2.25. The van der Waals surface area contributed by atoms with Gasteiger partial charge in [-0.2, -0.15) is 0 Å². The van der Waals surface area contributed by atoms with Gasteiger partial charge in [-0.15, -0.1) is 24.8 Å². The maximum Gasteiger partial charge on any atom is 0.0933 e. The number of halogens is 2. The summed E-state index contributed by atoms with van der Waals surface area (Å²) in [6, 6.07) is 10.1. The van der Waals surface area contributed by atoms with Gasteiger partial charge in [0.1, 0.15) is 0 Å². The second-order valence-corrected chi connectivity index (χ2v) is 3.16. The van der Waals surface area contributed by atoms with Crippen LogP contribution in [0, 0.1) is 0 Å². The van der Waals surface area contributed by atoms with Crippen LogP contribution in [0.5, 0.6) is 0 Å². The molecule has 0 aliphatic heterocycles. The smallest absolute Gasteiger partial charge is 0.0933 e. The Kier molecular flexibility index (Phi) is 14.4. The van der Waals surface area contributed by atoms with Crippen molar-refractivity contribution in [2.75, 3.05) is 13.1 Å². The number of rotatable bonds is 7. The molecule has 0 fully saturated rings. The van der Waals surface area contributed by atoms with Crippen LogP contribution in [0.15, 0.2) is 30.3 Å². The lowest BCUT2D eigenvalue weighted by molar-refractivity contribution is 0.0274. The minimum Gasteiger partial charge on any atom is -0.330 e. The predicted molar refractivity (Wildman–Crippen MR) is 72.0 cm³/mol. The molecule has 0 unspecified atom stereocenters. The van der Waals surface area contributed by atoms with Crippen molar-refractivity contribution in [2.45, 2.75) is 19.4 Å². The first kappa shape index (κ1) is 18.1. The molecule has 3 N–H and O–H groups in total. The van der Waals surface area contributed by atoms with Crippen LogP contribution in [-0.2, 0) is 11.4 Å². The van der Waals surface area contributed by atoms with Gasteiger partial charge in [0.25, 0.3) is 0 Å². The number of unbranched alkanes of at least 4 members (excludes halogenated alkanes) is 1. The molecule has 0 radical (unpaired) electrons. The maximum atomic E-state index is 5.37. The number of hydrogen-bond donors (Lipinski definition) is 2. The third-order valence-electron chi connectivity index (χ3n) is 1.92. The van der Waals surface area contributed by atoms with Gasteiger partial charge < -0.3 is 5.73 Å². The van der Waals surface area contributed by atoms with Gasteiger partial charge in [0.05, 0.1) is 6.61 Å². The zero-order valence-corrected chi connectivity index (χ0v) is 10.9. The summed E-state index contributed by atoms with van der Waals surface area (Å²) in [7, 11) is 0. The molecular formula is C11H20Cl2N2O. The molecule has 16 heavy (non-hydrogen) atoms. The second kappa shape index (κ2) is 12.7. The van der Waals surface area contributed by atoms with Crippen LogP contribution in [0.2, 0.25) is 0 Å². The van der Waals surface area contributed by atoms with Crippen LogP contribution < -0.4 is 11.2 Å². The van der Waals surface area contributed by atoms with E-state index in [0.29, 0.717) is 6.61 Å². The maximum absolute atomic E-state index is 5.37. The van der Waals surface area contributed by atoms with E-state index in [4.69, 9.17) is 10.6 Å². The summed E-state index contributed by atoms with van der Waals surface area (Å²) < 4.78 is 0. The number of benzene rings is 1. The average molecular weight is 267 g/mol. The predicted octanol–water partition coefficient (Wildman–Crippen LogP) is 2.29. The van der Waals surface area contributed by atoms with Crippen LogP contribution in [0.1, 0.15) is 18.4 Å². The Labute approximate surface area is 110 Å². The number of nitrogens with two attached hydrogens (primary N) is 1. The molecule has 0 aromatic heterocycles. The van der Waals surface area contributed by atoms with Gasteiger partial charge in [-0.1, -0.05) is 30.3 Å². The van der Waals surface area contributed by atoms with Crippen LogP contribution >= 0.6 is 24.8 Å². The highest BCUT2D eigenvalue weighted by atomic mass is 35.5. The van der Waals surface area contributed by atoms with Crippen LogP contribution in [-0.4, -0.2) is 13.1 Å². The van der Waals surface area contributed by atoms with Gasteiger partial charge in [-0.3, -0.25) is 4.84 Å². The molecular weight excluding hydrogens is 247 g/mol. The molecule has 0 spiro atoms. The topological polar surface area (TPSA) is 47.3 Å². The Balaban J connectivity index is 0. The summed E-state index contributed by atoms with van der Waals surface area (Å²) in [5.41, 5.74) is 9.46. The fourth-order valence-corrected chi connectivity index (χ4v) is 1.12. The van der Waals surface area contributed by atoms with Crippen molar-refractivity contribution in [3.05, 3.63) is 35.9 Å². The zero-order valence-electron chi connectivity index (χ0n) is 9.22. The third kappa shape index (κ3) is 8.95. The van der Waals surface area contributed by atoms with Crippen molar-refractivity contribution < 1.29 is 4.84 Å². The first-order valence-electron chi connectivity index (χ1n) is 5.02. The molecule has 1 aromatic rings.